The first-order valence-electron chi connectivity index (χ1n) is 24.8. The SMILES string of the molecule is Cc1ccc(Nc2ncc3cc(C)n(-c4ccc(CC(C(=O)C(Cc5ccc(-n6c(C)cc7cnc(Nc8ccc(C)c(C)c8)nc76)cc5)N5CCN(C)CC5)N5CCN(C)CC5)cc4)c3n2)cc1C. The molecule has 2 N–H and O–H groups in total. The van der Waals surface area contributed by atoms with Crippen molar-refractivity contribution >= 4 is 51.1 Å². The number of benzene rings is 4. The van der Waals surface area contributed by atoms with Crippen molar-refractivity contribution in [3.05, 3.63) is 154 Å². The van der Waals surface area contributed by atoms with Crippen LogP contribution in [0.15, 0.2) is 109 Å². The molecule has 2 aliphatic heterocycles. The minimum atomic E-state index is -0.260. The van der Waals surface area contributed by atoms with E-state index in [4.69, 9.17) is 9.97 Å². The second-order valence-corrected chi connectivity index (χ2v) is 19.9. The first kappa shape index (κ1) is 46.9. The molecule has 0 radical (unpaired) electrons. The molecule has 2 aliphatic rings. The minimum absolute atomic E-state index is 0.260. The van der Waals surface area contributed by atoms with Crippen molar-refractivity contribution in [2.24, 2.45) is 0 Å². The summed E-state index contributed by atoms with van der Waals surface area (Å²) in [6.45, 7) is 19.9. The van der Waals surface area contributed by atoms with Crippen LogP contribution in [0.3, 0.4) is 0 Å². The van der Waals surface area contributed by atoms with Gasteiger partial charge in [-0.1, -0.05) is 36.4 Å². The summed E-state index contributed by atoms with van der Waals surface area (Å²) in [4.78, 5) is 44.5. The van der Waals surface area contributed by atoms with Gasteiger partial charge in [0, 0.05) is 110 Å². The lowest BCUT2D eigenvalue weighted by molar-refractivity contribution is -0.131. The van der Waals surface area contributed by atoms with Crippen LogP contribution in [0.1, 0.15) is 44.8 Å². The van der Waals surface area contributed by atoms with Gasteiger partial charge >= 0.3 is 0 Å². The number of nitrogens with zero attached hydrogens (tertiary/aromatic N) is 10. The maximum absolute atomic E-state index is 15.5. The quantitative estimate of drug-likeness (QED) is 0.109. The lowest BCUT2D eigenvalue weighted by atomic mass is 9.91. The Balaban J connectivity index is 0.911. The molecular weight excluding hydrogens is 869 g/mol. The summed E-state index contributed by atoms with van der Waals surface area (Å²) in [5, 5.41) is 8.80. The number of piperazine rings is 2. The van der Waals surface area contributed by atoms with Gasteiger partial charge < -0.3 is 20.4 Å². The molecule has 0 spiro atoms. The molecule has 6 heterocycles. The predicted octanol–water partition coefficient (Wildman–Crippen LogP) is 9.08. The molecular formula is C57H66N12O. The summed E-state index contributed by atoms with van der Waals surface area (Å²) in [6, 6.07) is 33.9. The van der Waals surface area contributed by atoms with E-state index in [0.717, 1.165) is 120 Å². The highest BCUT2D eigenvalue weighted by Gasteiger charge is 2.37. The van der Waals surface area contributed by atoms with Crippen LogP contribution in [0.4, 0.5) is 23.3 Å². The van der Waals surface area contributed by atoms with E-state index in [1.165, 1.54) is 22.3 Å². The normalized spacial score (nSPS) is 16.2. The maximum Gasteiger partial charge on any atom is 0.229 e. The molecule has 2 unspecified atom stereocenters. The number of aromatic nitrogens is 6. The number of nitrogens with one attached hydrogen (secondary N) is 2. The van der Waals surface area contributed by atoms with Crippen LogP contribution in [-0.2, 0) is 17.6 Å². The van der Waals surface area contributed by atoms with Gasteiger partial charge in [-0.25, -0.2) is 9.97 Å². The number of hydrogen-bond acceptors (Lipinski definition) is 11. The van der Waals surface area contributed by atoms with E-state index in [1.54, 1.807) is 0 Å². The van der Waals surface area contributed by atoms with Crippen LogP contribution in [0, 0.1) is 41.5 Å². The first-order chi connectivity index (χ1) is 33.8. The molecule has 70 heavy (non-hydrogen) atoms. The largest absolute Gasteiger partial charge is 0.324 e. The maximum atomic E-state index is 15.5. The number of hydrogen-bond donors (Lipinski definition) is 2. The fraction of sp³-hybridized carbons (Fsp3) is 0.351. The Bertz CT molecular complexity index is 2950. The van der Waals surface area contributed by atoms with Gasteiger partial charge in [-0.05, 0) is 163 Å². The molecule has 4 aromatic heterocycles. The van der Waals surface area contributed by atoms with Crippen LogP contribution >= 0.6 is 0 Å². The Morgan fingerprint density at radius 3 is 1.26 bits per heavy atom. The van der Waals surface area contributed by atoms with Crippen molar-refractivity contribution in [3.63, 3.8) is 0 Å². The monoisotopic (exact) mass is 935 g/mol. The zero-order chi connectivity index (χ0) is 48.6. The van der Waals surface area contributed by atoms with Gasteiger partial charge in [0.2, 0.25) is 11.9 Å². The Hall–Kier alpha value is -6.77. The van der Waals surface area contributed by atoms with Crippen LogP contribution in [0.2, 0.25) is 0 Å². The van der Waals surface area contributed by atoms with E-state index in [2.05, 4.69) is 202 Å². The zero-order valence-electron chi connectivity index (χ0n) is 42.0. The Labute approximate surface area is 412 Å². The minimum Gasteiger partial charge on any atom is -0.324 e. The fourth-order valence-corrected chi connectivity index (χ4v) is 10.2. The summed E-state index contributed by atoms with van der Waals surface area (Å²) in [5.41, 5.74) is 15.0. The topological polar surface area (TPSA) is 116 Å². The van der Waals surface area contributed by atoms with Gasteiger partial charge in [0.1, 0.15) is 11.3 Å². The third-order valence-corrected chi connectivity index (χ3v) is 14.8. The van der Waals surface area contributed by atoms with Gasteiger partial charge in [-0.3, -0.25) is 23.7 Å². The van der Waals surface area contributed by atoms with E-state index in [1.807, 2.05) is 12.4 Å². The molecule has 0 saturated carbocycles. The number of rotatable bonds is 14. The average molecular weight is 935 g/mol. The summed E-state index contributed by atoms with van der Waals surface area (Å²) in [7, 11) is 4.35. The van der Waals surface area contributed by atoms with Crippen molar-refractivity contribution in [2.45, 2.75) is 66.5 Å². The molecule has 10 rings (SSSR count). The van der Waals surface area contributed by atoms with Gasteiger partial charge in [0.25, 0.3) is 0 Å². The number of carbonyl (C=O) groups excluding carboxylic acids is 1. The van der Waals surface area contributed by atoms with E-state index in [-0.39, 0.29) is 12.1 Å². The molecule has 360 valence electrons. The van der Waals surface area contributed by atoms with Crippen LogP contribution in [-0.4, -0.2) is 133 Å². The Kier molecular flexibility index (Phi) is 13.4. The van der Waals surface area contributed by atoms with E-state index in [9.17, 15) is 0 Å². The molecule has 2 fully saturated rings. The Morgan fingerprint density at radius 2 is 0.886 bits per heavy atom. The van der Waals surface area contributed by atoms with E-state index in [0.29, 0.717) is 30.5 Å². The second kappa shape index (κ2) is 19.9. The van der Waals surface area contributed by atoms with Gasteiger partial charge in [0.15, 0.2) is 5.78 Å². The molecule has 13 heteroatoms. The molecule has 4 aromatic carbocycles. The highest BCUT2D eigenvalue weighted by atomic mass is 16.1. The van der Waals surface area contributed by atoms with Crippen molar-refractivity contribution in [1.29, 1.82) is 0 Å². The number of Topliss-reactive ketones (excluding diaryl/α,β-unsaturated/α-hetero) is 1. The summed E-state index contributed by atoms with van der Waals surface area (Å²) in [6.07, 6.45) is 5.07. The number of carbonyl (C=O) groups is 1. The van der Waals surface area contributed by atoms with Crippen molar-refractivity contribution in [3.8, 4) is 11.4 Å². The highest BCUT2D eigenvalue weighted by molar-refractivity contribution is 5.90. The number of ketones is 1. The van der Waals surface area contributed by atoms with Crippen LogP contribution in [0.25, 0.3) is 33.4 Å². The molecule has 0 bridgehead atoms. The first-order valence-corrected chi connectivity index (χ1v) is 24.8. The summed E-state index contributed by atoms with van der Waals surface area (Å²) in [5.74, 6) is 1.42. The molecule has 0 aliphatic carbocycles. The fourth-order valence-electron chi connectivity index (χ4n) is 10.2. The zero-order valence-corrected chi connectivity index (χ0v) is 42.0. The van der Waals surface area contributed by atoms with Gasteiger partial charge in [-0.2, -0.15) is 9.97 Å². The van der Waals surface area contributed by atoms with Gasteiger partial charge in [-0.15, -0.1) is 0 Å². The highest BCUT2D eigenvalue weighted by Crippen LogP contribution is 2.29. The predicted molar refractivity (Wildman–Crippen MR) is 284 cm³/mol. The van der Waals surface area contributed by atoms with Gasteiger partial charge in [0.05, 0.1) is 12.1 Å². The summed E-state index contributed by atoms with van der Waals surface area (Å²) < 4.78 is 4.39. The Morgan fingerprint density at radius 1 is 0.500 bits per heavy atom. The summed E-state index contributed by atoms with van der Waals surface area (Å²) >= 11 is 0. The molecule has 8 aromatic rings. The number of aryl methyl sites for hydroxylation is 6. The molecule has 2 saturated heterocycles. The standard InChI is InChI=1S/C57H66N12O/c1-37-9-15-47(29-39(37)3)60-56-58-35-45-31-41(5)68(54(45)62-56)49-17-11-43(12-18-49)33-51(66-25-21-64(7)22-26-66)53(70)52(67-27-23-65(8)24-28-67)34-44-13-19-50(20-14-44)69-42(6)32-46-36-59-57(63-55(46)69)61-48-16-10-38(2)40(4)30-48/h9-20,29-32,35-36,51-52H,21-28,33-34H2,1-8H3,(H,58,60,62)(H,59,61,63). The molecule has 2 atom stereocenters. The third-order valence-electron chi connectivity index (χ3n) is 14.8. The third kappa shape index (κ3) is 9.97. The lowest BCUT2D eigenvalue weighted by Crippen LogP contribution is -2.59. The van der Waals surface area contributed by atoms with Crippen molar-refractivity contribution in [2.75, 3.05) is 77.1 Å². The van der Waals surface area contributed by atoms with E-state index < -0.39 is 0 Å². The molecule has 13 nitrogen and oxygen atoms in total. The second-order valence-electron chi connectivity index (χ2n) is 19.9. The molecule has 0 amide bonds. The van der Waals surface area contributed by atoms with Crippen LogP contribution < -0.4 is 10.6 Å². The smallest absolute Gasteiger partial charge is 0.229 e. The lowest BCUT2D eigenvalue weighted by Gasteiger charge is -2.42. The van der Waals surface area contributed by atoms with Crippen LogP contribution in [0.5, 0.6) is 0 Å². The average Bonchev–Trinajstić information content (AvgIpc) is 3.87. The van der Waals surface area contributed by atoms with Crippen molar-refractivity contribution in [1.82, 2.24) is 48.7 Å². The number of likely N-dealkylation sites (N-methyl/N-ethyl adjacent to an activating group) is 2. The van der Waals surface area contributed by atoms with Crippen molar-refractivity contribution < 1.29 is 4.79 Å². The number of anilines is 4. The number of fused-ring (bicyclic) bond motifs is 2. The van der Waals surface area contributed by atoms with E-state index >= 15 is 4.79 Å².